The highest BCUT2D eigenvalue weighted by atomic mass is 16.3. The third-order valence-electron chi connectivity index (χ3n) is 4.51. The molecule has 1 saturated carbocycles. The molecular weight excluding hydrogens is 256 g/mol. The minimum absolute atomic E-state index is 0.167. The Hall–Kier alpha value is -0.0400. The monoisotopic (exact) mass is 298 g/mol. The summed E-state index contributed by atoms with van der Waals surface area (Å²) in [7, 11) is 0. The van der Waals surface area contributed by atoms with Gasteiger partial charge in [-0.05, 0) is 31.6 Å². The first-order valence-electron chi connectivity index (χ1n) is 9.59. The second kappa shape index (κ2) is 13.6. The van der Waals surface area contributed by atoms with Gasteiger partial charge in [-0.1, -0.05) is 91.4 Å². The van der Waals surface area contributed by atoms with Crippen LogP contribution in [-0.2, 0) is 0 Å². The molecule has 1 unspecified atom stereocenters. The van der Waals surface area contributed by atoms with Crippen molar-refractivity contribution < 1.29 is 5.11 Å². The van der Waals surface area contributed by atoms with Crippen LogP contribution in [-0.4, -0.2) is 11.2 Å². The molecule has 21 heavy (non-hydrogen) atoms. The minimum Gasteiger partial charge on any atom is -0.394 e. The van der Waals surface area contributed by atoms with Crippen molar-refractivity contribution in [2.75, 3.05) is 0 Å². The Labute approximate surface area is 134 Å². The standard InChI is InChI=1S/C17H34.C3H8O/c1-15(2)9-7-10-16(3)11-8-14-17-12-5-4-6-13-17;1-3(2)4/h15-17H,4-14H2,1-3H3;3-4H,1-2H3. The summed E-state index contributed by atoms with van der Waals surface area (Å²) in [6.07, 6.45) is 16.2. The molecule has 0 bridgehead atoms. The highest BCUT2D eigenvalue weighted by Crippen LogP contribution is 2.28. The molecule has 1 N–H and O–H groups in total. The lowest BCUT2D eigenvalue weighted by Gasteiger charge is -2.22. The fourth-order valence-electron chi connectivity index (χ4n) is 3.25. The average molecular weight is 299 g/mol. The van der Waals surface area contributed by atoms with Crippen LogP contribution in [0.3, 0.4) is 0 Å². The maximum atomic E-state index is 8.06. The van der Waals surface area contributed by atoms with Gasteiger partial charge in [0.1, 0.15) is 0 Å². The van der Waals surface area contributed by atoms with E-state index >= 15 is 0 Å². The van der Waals surface area contributed by atoms with Crippen molar-refractivity contribution in [3.8, 4) is 0 Å². The van der Waals surface area contributed by atoms with Crippen molar-refractivity contribution in [1.29, 1.82) is 0 Å². The molecule has 0 aliphatic heterocycles. The molecule has 0 spiro atoms. The topological polar surface area (TPSA) is 20.2 Å². The van der Waals surface area contributed by atoms with E-state index < -0.39 is 0 Å². The zero-order valence-electron chi connectivity index (χ0n) is 15.5. The Morgan fingerprint density at radius 2 is 1.33 bits per heavy atom. The van der Waals surface area contributed by atoms with Gasteiger partial charge in [0.25, 0.3) is 0 Å². The lowest BCUT2D eigenvalue weighted by molar-refractivity contribution is 0.216. The maximum Gasteiger partial charge on any atom is 0.0483 e. The van der Waals surface area contributed by atoms with Crippen molar-refractivity contribution >= 4 is 0 Å². The number of hydrogen-bond acceptors (Lipinski definition) is 1. The van der Waals surface area contributed by atoms with E-state index in [0.29, 0.717) is 0 Å². The Balaban J connectivity index is 0.000000885. The first kappa shape index (κ1) is 21.0. The van der Waals surface area contributed by atoms with Gasteiger partial charge in [-0.15, -0.1) is 0 Å². The number of aliphatic hydroxyl groups is 1. The molecule has 1 atom stereocenters. The Bertz CT molecular complexity index is 201. The molecule has 128 valence electrons. The van der Waals surface area contributed by atoms with Crippen molar-refractivity contribution in [3.63, 3.8) is 0 Å². The first-order valence-corrected chi connectivity index (χ1v) is 9.59. The molecule has 0 saturated heterocycles. The lowest BCUT2D eigenvalue weighted by atomic mass is 9.84. The SMILES string of the molecule is CC(C)CCCC(C)CCCC1CCCCC1.CC(C)O. The van der Waals surface area contributed by atoms with Crippen LogP contribution in [0.4, 0.5) is 0 Å². The molecule has 0 radical (unpaired) electrons. The van der Waals surface area contributed by atoms with E-state index in [4.69, 9.17) is 5.11 Å². The zero-order valence-corrected chi connectivity index (χ0v) is 15.5. The second-order valence-electron chi connectivity index (χ2n) is 7.96. The highest BCUT2D eigenvalue weighted by Gasteiger charge is 2.13. The molecule has 0 aromatic carbocycles. The van der Waals surface area contributed by atoms with E-state index in [9.17, 15) is 0 Å². The second-order valence-corrected chi connectivity index (χ2v) is 7.96. The molecule has 1 heteroatoms. The van der Waals surface area contributed by atoms with Gasteiger partial charge in [-0.2, -0.15) is 0 Å². The summed E-state index contributed by atoms with van der Waals surface area (Å²) in [5.41, 5.74) is 0. The predicted octanol–water partition coefficient (Wildman–Crippen LogP) is 6.59. The molecule has 1 fully saturated rings. The van der Waals surface area contributed by atoms with Crippen LogP contribution >= 0.6 is 0 Å². The smallest absolute Gasteiger partial charge is 0.0483 e. The summed E-state index contributed by atoms with van der Waals surface area (Å²) in [4.78, 5) is 0. The molecule has 1 aliphatic carbocycles. The van der Waals surface area contributed by atoms with Crippen LogP contribution in [0.1, 0.15) is 105 Å². The normalized spacial score (nSPS) is 17.7. The van der Waals surface area contributed by atoms with Gasteiger partial charge < -0.3 is 5.11 Å². The summed E-state index contributed by atoms with van der Waals surface area (Å²) in [6, 6.07) is 0. The molecule has 0 aromatic rings. The third kappa shape index (κ3) is 16.2. The Morgan fingerprint density at radius 3 is 1.86 bits per heavy atom. The van der Waals surface area contributed by atoms with Crippen molar-refractivity contribution in [1.82, 2.24) is 0 Å². The van der Waals surface area contributed by atoms with Gasteiger partial charge in [0.05, 0.1) is 0 Å². The van der Waals surface area contributed by atoms with Gasteiger partial charge in [-0.25, -0.2) is 0 Å². The summed E-state index contributed by atoms with van der Waals surface area (Å²) >= 11 is 0. The molecule has 1 aliphatic rings. The fourth-order valence-corrected chi connectivity index (χ4v) is 3.25. The summed E-state index contributed by atoms with van der Waals surface area (Å²) in [5.74, 6) is 2.95. The minimum atomic E-state index is -0.167. The van der Waals surface area contributed by atoms with E-state index in [1.54, 1.807) is 13.8 Å². The van der Waals surface area contributed by atoms with Crippen LogP contribution in [0, 0.1) is 17.8 Å². The molecule has 1 nitrogen and oxygen atoms in total. The van der Waals surface area contributed by atoms with Crippen LogP contribution < -0.4 is 0 Å². The van der Waals surface area contributed by atoms with E-state index in [0.717, 1.165) is 17.8 Å². The highest BCUT2D eigenvalue weighted by molar-refractivity contribution is 4.66. The van der Waals surface area contributed by atoms with E-state index in [1.165, 1.54) is 70.6 Å². The molecule has 0 amide bonds. The van der Waals surface area contributed by atoms with Gasteiger partial charge >= 0.3 is 0 Å². The number of rotatable bonds is 8. The van der Waals surface area contributed by atoms with Crippen LogP contribution in [0.5, 0.6) is 0 Å². The zero-order chi connectivity index (χ0) is 16.1. The lowest BCUT2D eigenvalue weighted by Crippen LogP contribution is -2.06. The van der Waals surface area contributed by atoms with Crippen LogP contribution in [0.25, 0.3) is 0 Å². The Kier molecular flexibility index (Phi) is 13.6. The quantitative estimate of drug-likeness (QED) is 0.536. The van der Waals surface area contributed by atoms with E-state index in [1.807, 2.05) is 0 Å². The fraction of sp³-hybridized carbons (Fsp3) is 1.00. The predicted molar refractivity (Wildman–Crippen MR) is 95.6 cm³/mol. The number of aliphatic hydroxyl groups excluding tert-OH is 1. The van der Waals surface area contributed by atoms with Crippen molar-refractivity contribution in [2.24, 2.45) is 17.8 Å². The molecule has 1 rings (SSSR count). The van der Waals surface area contributed by atoms with Gasteiger partial charge in [0.15, 0.2) is 0 Å². The maximum absolute atomic E-state index is 8.06. The van der Waals surface area contributed by atoms with Crippen molar-refractivity contribution in [2.45, 2.75) is 111 Å². The summed E-state index contributed by atoms with van der Waals surface area (Å²) in [6.45, 7) is 10.6. The van der Waals surface area contributed by atoms with E-state index in [2.05, 4.69) is 20.8 Å². The third-order valence-corrected chi connectivity index (χ3v) is 4.51. The largest absolute Gasteiger partial charge is 0.394 e. The van der Waals surface area contributed by atoms with Gasteiger partial charge in [0, 0.05) is 6.10 Å². The summed E-state index contributed by atoms with van der Waals surface area (Å²) < 4.78 is 0. The Morgan fingerprint density at radius 1 is 0.810 bits per heavy atom. The van der Waals surface area contributed by atoms with Gasteiger partial charge in [-0.3, -0.25) is 0 Å². The average Bonchev–Trinajstić information content (AvgIpc) is 2.39. The van der Waals surface area contributed by atoms with Crippen LogP contribution in [0.15, 0.2) is 0 Å². The number of hydrogen-bond donors (Lipinski definition) is 1. The first-order chi connectivity index (χ1) is 9.91. The molecular formula is C20H42O. The van der Waals surface area contributed by atoms with Gasteiger partial charge in [0.2, 0.25) is 0 Å². The molecule has 0 aromatic heterocycles. The summed E-state index contributed by atoms with van der Waals surface area (Å²) in [5, 5.41) is 8.06. The van der Waals surface area contributed by atoms with E-state index in [-0.39, 0.29) is 6.10 Å². The molecule has 0 heterocycles. The van der Waals surface area contributed by atoms with Crippen molar-refractivity contribution in [3.05, 3.63) is 0 Å². The van der Waals surface area contributed by atoms with Crippen LogP contribution in [0.2, 0.25) is 0 Å².